The van der Waals surface area contributed by atoms with Gasteiger partial charge in [-0.3, -0.25) is 0 Å². The molecule has 3 nitrogen and oxygen atoms in total. The van der Waals surface area contributed by atoms with Gasteiger partial charge in [-0.05, 0) is 50.9 Å². The van der Waals surface area contributed by atoms with Crippen LogP contribution in [0.1, 0.15) is 39.5 Å². The van der Waals surface area contributed by atoms with Crippen molar-refractivity contribution in [1.29, 1.82) is 0 Å². The van der Waals surface area contributed by atoms with Gasteiger partial charge >= 0.3 is 6.09 Å². The second-order valence-electron chi connectivity index (χ2n) is 4.99. The lowest BCUT2D eigenvalue weighted by atomic mass is 9.84. The first-order valence-electron chi connectivity index (χ1n) is 6.14. The van der Waals surface area contributed by atoms with E-state index in [0.29, 0.717) is 12.5 Å². The molecule has 2 aliphatic rings. The van der Waals surface area contributed by atoms with Gasteiger partial charge in [0.25, 0.3) is 0 Å². The summed E-state index contributed by atoms with van der Waals surface area (Å²) in [6.07, 6.45) is 5.21. The second-order valence-corrected chi connectivity index (χ2v) is 4.99. The maximum Gasteiger partial charge on any atom is 0.407 e. The summed E-state index contributed by atoms with van der Waals surface area (Å²) in [5.74, 6) is 2.48. The molecule has 0 spiro atoms. The SMILES string of the molecule is CCOC(=O)N[C@H](C)[C@H]1C[C@H]2CC[C@H]1C2. The highest BCUT2D eigenvalue weighted by atomic mass is 16.5. The third kappa shape index (κ3) is 2.27. The van der Waals surface area contributed by atoms with Crippen LogP contribution in [0.4, 0.5) is 4.79 Å². The molecule has 0 heterocycles. The average Bonchev–Trinajstić information content (AvgIpc) is 2.78. The van der Waals surface area contributed by atoms with Crippen LogP contribution in [0.2, 0.25) is 0 Å². The Kier molecular flexibility index (Phi) is 3.17. The number of rotatable bonds is 3. The molecule has 0 aliphatic heterocycles. The number of fused-ring (bicyclic) bond motifs is 2. The van der Waals surface area contributed by atoms with Gasteiger partial charge in [-0.1, -0.05) is 6.42 Å². The van der Waals surface area contributed by atoms with Gasteiger partial charge in [0.1, 0.15) is 0 Å². The monoisotopic (exact) mass is 211 g/mol. The standard InChI is InChI=1S/C12H21NO2/c1-3-15-12(14)13-8(2)11-7-9-4-5-10(11)6-9/h8-11H,3-7H2,1-2H3,(H,13,14)/t8-,9+,10+,11-/m1/s1. The van der Waals surface area contributed by atoms with E-state index in [4.69, 9.17) is 4.74 Å². The van der Waals surface area contributed by atoms with Gasteiger partial charge in [0.2, 0.25) is 0 Å². The number of alkyl carbamates (subject to hydrolysis) is 1. The van der Waals surface area contributed by atoms with Crippen molar-refractivity contribution in [3.63, 3.8) is 0 Å². The third-order valence-corrected chi connectivity index (χ3v) is 4.06. The Balaban J connectivity index is 1.81. The summed E-state index contributed by atoms with van der Waals surface area (Å²) in [5, 5.41) is 2.95. The summed E-state index contributed by atoms with van der Waals surface area (Å²) in [7, 11) is 0. The molecule has 0 radical (unpaired) electrons. The van der Waals surface area contributed by atoms with Gasteiger partial charge in [-0.15, -0.1) is 0 Å². The number of ether oxygens (including phenoxy) is 1. The molecule has 0 aromatic heterocycles. The topological polar surface area (TPSA) is 38.3 Å². The molecule has 1 amide bonds. The number of carbonyl (C=O) groups excluding carboxylic acids is 1. The molecule has 15 heavy (non-hydrogen) atoms. The summed E-state index contributed by atoms with van der Waals surface area (Å²) < 4.78 is 4.90. The van der Waals surface area contributed by atoms with Crippen LogP contribution in [0.5, 0.6) is 0 Å². The fourth-order valence-electron chi connectivity index (χ4n) is 3.37. The zero-order valence-corrected chi connectivity index (χ0v) is 9.66. The minimum atomic E-state index is -0.257. The van der Waals surface area contributed by atoms with E-state index in [1.807, 2.05) is 6.92 Å². The lowest BCUT2D eigenvalue weighted by molar-refractivity contribution is 0.140. The molecular formula is C12H21NO2. The minimum absolute atomic E-state index is 0.257. The highest BCUT2D eigenvalue weighted by Gasteiger charge is 2.42. The summed E-state index contributed by atoms with van der Waals surface area (Å²) >= 11 is 0. The number of carbonyl (C=O) groups is 1. The van der Waals surface area contributed by atoms with Gasteiger partial charge in [0.05, 0.1) is 6.61 Å². The Morgan fingerprint density at radius 1 is 1.47 bits per heavy atom. The van der Waals surface area contributed by atoms with E-state index in [0.717, 1.165) is 11.8 Å². The summed E-state index contributed by atoms with van der Waals surface area (Å²) in [6.45, 7) is 4.40. The van der Waals surface area contributed by atoms with Crippen LogP contribution >= 0.6 is 0 Å². The number of amides is 1. The molecule has 3 heteroatoms. The maximum absolute atomic E-state index is 11.3. The first kappa shape index (κ1) is 10.8. The quantitative estimate of drug-likeness (QED) is 0.779. The zero-order chi connectivity index (χ0) is 10.8. The Morgan fingerprint density at radius 2 is 2.27 bits per heavy atom. The van der Waals surface area contributed by atoms with Crippen LogP contribution in [0.25, 0.3) is 0 Å². The minimum Gasteiger partial charge on any atom is -0.450 e. The van der Waals surface area contributed by atoms with E-state index < -0.39 is 0 Å². The van der Waals surface area contributed by atoms with Gasteiger partial charge in [-0.2, -0.15) is 0 Å². The average molecular weight is 211 g/mol. The van der Waals surface area contributed by atoms with Crippen LogP contribution < -0.4 is 5.32 Å². The molecule has 2 aliphatic carbocycles. The van der Waals surface area contributed by atoms with Gasteiger partial charge in [-0.25, -0.2) is 4.79 Å². The van der Waals surface area contributed by atoms with Crippen LogP contribution in [0, 0.1) is 17.8 Å². The fourth-order valence-corrected chi connectivity index (χ4v) is 3.37. The van der Waals surface area contributed by atoms with Crippen molar-refractivity contribution in [2.24, 2.45) is 17.8 Å². The second kappa shape index (κ2) is 4.42. The smallest absolute Gasteiger partial charge is 0.407 e. The molecule has 2 fully saturated rings. The van der Waals surface area contributed by atoms with Crippen LogP contribution in [0.15, 0.2) is 0 Å². The van der Waals surface area contributed by atoms with Crippen molar-refractivity contribution in [1.82, 2.24) is 5.32 Å². The predicted molar refractivity (Wildman–Crippen MR) is 58.6 cm³/mol. The van der Waals surface area contributed by atoms with Crippen LogP contribution in [0.3, 0.4) is 0 Å². The summed E-state index contributed by atoms with van der Waals surface area (Å²) in [4.78, 5) is 11.3. The van der Waals surface area contributed by atoms with Crippen molar-refractivity contribution < 1.29 is 9.53 Å². The summed E-state index contributed by atoms with van der Waals surface area (Å²) in [5.41, 5.74) is 0. The molecule has 86 valence electrons. The normalized spacial score (nSPS) is 35.2. The lowest BCUT2D eigenvalue weighted by Gasteiger charge is -2.28. The number of hydrogen-bond acceptors (Lipinski definition) is 2. The fraction of sp³-hybridized carbons (Fsp3) is 0.917. The molecule has 0 aromatic rings. The van der Waals surface area contributed by atoms with Crippen molar-refractivity contribution in [2.45, 2.75) is 45.6 Å². The van der Waals surface area contributed by atoms with Crippen molar-refractivity contribution in [2.75, 3.05) is 6.61 Å². The zero-order valence-electron chi connectivity index (χ0n) is 9.66. The van der Waals surface area contributed by atoms with E-state index in [9.17, 15) is 4.79 Å². The van der Waals surface area contributed by atoms with Gasteiger partial charge < -0.3 is 10.1 Å². The molecule has 4 atom stereocenters. The van der Waals surface area contributed by atoms with Crippen molar-refractivity contribution in [3.8, 4) is 0 Å². The van der Waals surface area contributed by atoms with Crippen LogP contribution in [-0.2, 0) is 4.74 Å². The summed E-state index contributed by atoms with van der Waals surface area (Å²) in [6, 6.07) is 0.277. The highest BCUT2D eigenvalue weighted by molar-refractivity contribution is 5.67. The molecule has 2 bridgehead atoms. The molecule has 0 unspecified atom stereocenters. The first-order valence-corrected chi connectivity index (χ1v) is 6.14. The molecule has 0 aromatic carbocycles. The number of nitrogens with one attached hydrogen (secondary N) is 1. The van der Waals surface area contributed by atoms with Gasteiger partial charge in [0, 0.05) is 6.04 Å². The van der Waals surface area contributed by atoms with Crippen molar-refractivity contribution >= 4 is 6.09 Å². The highest BCUT2D eigenvalue weighted by Crippen LogP contribution is 2.49. The van der Waals surface area contributed by atoms with Gasteiger partial charge in [0.15, 0.2) is 0 Å². The maximum atomic E-state index is 11.3. The molecule has 2 saturated carbocycles. The Labute approximate surface area is 91.6 Å². The van der Waals surface area contributed by atoms with Crippen LogP contribution in [-0.4, -0.2) is 18.7 Å². The Morgan fingerprint density at radius 3 is 2.80 bits per heavy atom. The molecular weight excluding hydrogens is 190 g/mol. The number of hydrogen-bond donors (Lipinski definition) is 1. The van der Waals surface area contributed by atoms with E-state index in [1.54, 1.807) is 0 Å². The van der Waals surface area contributed by atoms with E-state index in [2.05, 4.69) is 12.2 Å². The molecule has 2 rings (SSSR count). The van der Waals surface area contributed by atoms with E-state index >= 15 is 0 Å². The molecule has 0 saturated heterocycles. The van der Waals surface area contributed by atoms with E-state index in [-0.39, 0.29) is 12.1 Å². The van der Waals surface area contributed by atoms with E-state index in [1.165, 1.54) is 25.7 Å². The van der Waals surface area contributed by atoms with Crippen molar-refractivity contribution in [3.05, 3.63) is 0 Å². The Bertz CT molecular complexity index is 242. The largest absolute Gasteiger partial charge is 0.450 e. The predicted octanol–water partition coefficient (Wildman–Crippen LogP) is 2.56. The lowest BCUT2D eigenvalue weighted by Crippen LogP contribution is -2.40. The third-order valence-electron chi connectivity index (χ3n) is 4.06. The molecule has 1 N–H and O–H groups in total. The Hall–Kier alpha value is -0.730. The first-order chi connectivity index (χ1) is 7.20.